The van der Waals surface area contributed by atoms with Gasteiger partial charge in [0.05, 0.1) is 0 Å². The van der Waals surface area contributed by atoms with Crippen LogP contribution in [0.3, 0.4) is 0 Å². The van der Waals surface area contributed by atoms with Crippen molar-refractivity contribution in [2.45, 2.75) is 19.1 Å². The Labute approximate surface area is 95.8 Å². The highest BCUT2D eigenvalue weighted by Gasteiger charge is 2.33. The van der Waals surface area contributed by atoms with E-state index in [0.717, 1.165) is 10.7 Å². The lowest BCUT2D eigenvalue weighted by atomic mass is 10.4. The molecule has 0 radical (unpaired) electrons. The van der Waals surface area contributed by atoms with Gasteiger partial charge >= 0.3 is 6.18 Å². The summed E-state index contributed by atoms with van der Waals surface area (Å²) in [6.45, 7) is 0.782. The van der Waals surface area contributed by atoms with E-state index in [4.69, 9.17) is 5.73 Å². The first-order chi connectivity index (χ1) is 7.93. The molecule has 0 atom stereocenters. The average molecular weight is 250 g/mol. The van der Waals surface area contributed by atoms with Gasteiger partial charge in [0.25, 0.3) is 0 Å². The molecule has 0 aliphatic carbocycles. The van der Waals surface area contributed by atoms with E-state index < -0.39 is 11.9 Å². The fourth-order valence-electron chi connectivity index (χ4n) is 1.15. The third kappa shape index (κ3) is 4.43. The Balaban J connectivity index is 2.42. The standard InChI is InChI=1S/C9H13F3N4O/c10-9(11,12)7-1-5-16(15-7)6-2-8(17)14-4-3-13/h1,5H,2-4,6,13H2,(H,14,17). The van der Waals surface area contributed by atoms with Crippen LogP contribution < -0.4 is 11.1 Å². The van der Waals surface area contributed by atoms with Crippen LogP contribution in [0.15, 0.2) is 12.3 Å². The van der Waals surface area contributed by atoms with Crippen molar-refractivity contribution in [2.24, 2.45) is 5.73 Å². The number of rotatable bonds is 5. The monoisotopic (exact) mass is 250 g/mol. The molecular formula is C9H13F3N4O. The summed E-state index contributed by atoms with van der Waals surface area (Å²) in [5, 5.41) is 5.83. The molecule has 0 saturated carbocycles. The molecule has 0 aromatic carbocycles. The number of carbonyl (C=O) groups excluding carboxylic acids is 1. The largest absolute Gasteiger partial charge is 0.435 e. The van der Waals surface area contributed by atoms with Crippen molar-refractivity contribution in [3.63, 3.8) is 0 Å². The molecule has 1 rings (SSSR count). The molecule has 1 amide bonds. The molecule has 0 saturated heterocycles. The third-order valence-corrected chi connectivity index (χ3v) is 1.97. The number of nitrogens with one attached hydrogen (secondary N) is 1. The SMILES string of the molecule is NCCNC(=O)CCn1ccc(C(F)(F)F)n1. The summed E-state index contributed by atoms with van der Waals surface area (Å²) in [5.41, 5.74) is 4.22. The Hall–Kier alpha value is -1.57. The molecule has 5 nitrogen and oxygen atoms in total. The lowest BCUT2D eigenvalue weighted by Gasteiger charge is -2.04. The minimum atomic E-state index is -4.45. The van der Waals surface area contributed by atoms with Crippen molar-refractivity contribution in [3.8, 4) is 0 Å². The summed E-state index contributed by atoms with van der Waals surface area (Å²) in [6.07, 6.45) is -3.19. The summed E-state index contributed by atoms with van der Waals surface area (Å²) in [7, 11) is 0. The molecule has 1 heterocycles. The third-order valence-electron chi connectivity index (χ3n) is 1.97. The zero-order chi connectivity index (χ0) is 12.9. The number of nitrogens with two attached hydrogens (primary N) is 1. The summed E-state index contributed by atoms with van der Waals surface area (Å²) in [6, 6.07) is 0.873. The molecule has 17 heavy (non-hydrogen) atoms. The van der Waals surface area contributed by atoms with Crippen molar-refractivity contribution >= 4 is 5.91 Å². The highest BCUT2D eigenvalue weighted by molar-refractivity contribution is 5.75. The fraction of sp³-hybridized carbons (Fsp3) is 0.556. The normalized spacial score (nSPS) is 11.5. The molecule has 0 aliphatic heterocycles. The van der Waals surface area contributed by atoms with Crippen LogP contribution in [0.1, 0.15) is 12.1 Å². The number of carbonyl (C=O) groups is 1. The van der Waals surface area contributed by atoms with E-state index in [1.54, 1.807) is 0 Å². The van der Waals surface area contributed by atoms with E-state index in [2.05, 4.69) is 10.4 Å². The van der Waals surface area contributed by atoms with Gasteiger partial charge in [-0.05, 0) is 6.07 Å². The van der Waals surface area contributed by atoms with Gasteiger partial charge in [0, 0.05) is 32.3 Å². The molecule has 8 heteroatoms. The van der Waals surface area contributed by atoms with Crippen LogP contribution in [-0.2, 0) is 17.5 Å². The van der Waals surface area contributed by atoms with Crippen LogP contribution in [0.4, 0.5) is 13.2 Å². The minimum Gasteiger partial charge on any atom is -0.355 e. The molecule has 0 unspecified atom stereocenters. The van der Waals surface area contributed by atoms with Crippen molar-refractivity contribution in [1.82, 2.24) is 15.1 Å². The molecule has 0 spiro atoms. The smallest absolute Gasteiger partial charge is 0.355 e. The van der Waals surface area contributed by atoms with Gasteiger partial charge in [-0.15, -0.1) is 0 Å². The molecule has 1 aromatic rings. The predicted octanol–water partition coefficient (Wildman–Crippen LogP) is 0.367. The van der Waals surface area contributed by atoms with Gasteiger partial charge < -0.3 is 11.1 Å². The number of amides is 1. The Morgan fingerprint density at radius 2 is 2.24 bits per heavy atom. The maximum atomic E-state index is 12.2. The van der Waals surface area contributed by atoms with Crippen LogP contribution in [-0.4, -0.2) is 28.8 Å². The quantitative estimate of drug-likeness (QED) is 0.792. The molecule has 3 N–H and O–H groups in total. The lowest BCUT2D eigenvalue weighted by Crippen LogP contribution is -2.29. The number of aromatic nitrogens is 2. The van der Waals surface area contributed by atoms with Gasteiger partial charge in [-0.1, -0.05) is 0 Å². The molecule has 96 valence electrons. The highest BCUT2D eigenvalue weighted by Crippen LogP contribution is 2.27. The van der Waals surface area contributed by atoms with Crippen molar-refractivity contribution in [2.75, 3.05) is 13.1 Å². The predicted molar refractivity (Wildman–Crippen MR) is 53.9 cm³/mol. The molecule has 0 aliphatic rings. The van der Waals surface area contributed by atoms with Crippen LogP contribution in [0.5, 0.6) is 0 Å². The second-order valence-corrected chi connectivity index (χ2v) is 3.35. The summed E-state index contributed by atoms with van der Waals surface area (Å²) < 4.78 is 37.7. The first-order valence-corrected chi connectivity index (χ1v) is 5.01. The van der Waals surface area contributed by atoms with E-state index in [1.165, 1.54) is 6.20 Å². The van der Waals surface area contributed by atoms with E-state index in [9.17, 15) is 18.0 Å². The van der Waals surface area contributed by atoms with Crippen molar-refractivity contribution in [1.29, 1.82) is 0 Å². The van der Waals surface area contributed by atoms with Gasteiger partial charge in [-0.2, -0.15) is 18.3 Å². The Kier molecular flexibility index (Phi) is 4.50. The lowest BCUT2D eigenvalue weighted by molar-refractivity contribution is -0.141. The molecular weight excluding hydrogens is 237 g/mol. The fourth-order valence-corrected chi connectivity index (χ4v) is 1.15. The van der Waals surface area contributed by atoms with Crippen molar-refractivity contribution in [3.05, 3.63) is 18.0 Å². The van der Waals surface area contributed by atoms with Gasteiger partial charge in [-0.25, -0.2) is 0 Å². The zero-order valence-corrected chi connectivity index (χ0v) is 9.00. The number of hydrogen-bond acceptors (Lipinski definition) is 3. The number of alkyl halides is 3. The van der Waals surface area contributed by atoms with E-state index >= 15 is 0 Å². The van der Waals surface area contributed by atoms with Crippen LogP contribution >= 0.6 is 0 Å². The molecule has 0 fully saturated rings. The maximum absolute atomic E-state index is 12.2. The number of hydrogen-bond donors (Lipinski definition) is 2. The van der Waals surface area contributed by atoms with E-state index in [1.807, 2.05) is 0 Å². The number of nitrogens with zero attached hydrogens (tertiary/aromatic N) is 2. The molecule has 0 bridgehead atoms. The molecule has 1 aromatic heterocycles. The first-order valence-electron chi connectivity index (χ1n) is 5.01. The Morgan fingerprint density at radius 3 is 2.76 bits per heavy atom. The van der Waals surface area contributed by atoms with Crippen LogP contribution in [0.2, 0.25) is 0 Å². The highest BCUT2D eigenvalue weighted by atomic mass is 19.4. The summed E-state index contributed by atoms with van der Waals surface area (Å²) in [4.78, 5) is 11.1. The average Bonchev–Trinajstić information content (AvgIpc) is 2.71. The maximum Gasteiger partial charge on any atom is 0.435 e. The Morgan fingerprint density at radius 1 is 1.53 bits per heavy atom. The number of halogens is 3. The Bertz CT molecular complexity index is 375. The van der Waals surface area contributed by atoms with Crippen LogP contribution in [0, 0.1) is 0 Å². The summed E-state index contributed by atoms with van der Waals surface area (Å²) in [5.74, 6) is -0.264. The zero-order valence-electron chi connectivity index (χ0n) is 9.00. The topological polar surface area (TPSA) is 72.9 Å². The first kappa shape index (κ1) is 13.5. The van der Waals surface area contributed by atoms with Crippen molar-refractivity contribution < 1.29 is 18.0 Å². The van der Waals surface area contributed by atoms with Gasteiger partial charge in [0.2, 0.25) is 5.91 Å². The van der Waals surface area contributed by atoms with Gasteiger partial charge in [0.15, 0.2) is 5.69 Å². The van der Waals surface area contributed by atoms with Gasteiger partial charge in [0.1, 0.15) is 0 Å². The minimum absolute atomic E-state index is 0.0684. The van der Waals surface area contributed by atoms with E-state index in [-0.39, 0.29) is 18.9 Å². The number of aryl methyl sites for hydroxylation is 1. The second kappa shape index (κ2) is 5.67. The van der Waals surface area contributed by atoms with E-state index in [0.29, 0.717) is 13.1 Å². The van der Waals surface area contributed by atoms with Gasteiger partial charge in [-0.3, -0.25) is 9.48 Å². The second-order valence-electron chi connectivity index (χ2n) is 3.35. The summed E-state index contributed by atoms with van der Waals surface area (Å²) >= 11 is 0. The van der Waals surface area contributed by atoms with Crippen LogP contribution in [0.25, 0.3) is 0 Å².